The third-order valence-corrected chi connectivity index (χ3v) is 5.13. The molecule has 0 radical (unpaired) electrons. The van der Waals surface area contributed by atoms with E-state index in [1.807, 2.05) is 0 Å². The van der Waals surface area contributed by atoms with Crippen LogP contribution in [0.1, 0.15) is 12.8 Å². The Morgan fingerprint density at radius 2 is 2.17 bits per heavy atom. The largest absolute Gasteiger partial charge is 0.381 e. The second-order valence-corrected chi connectivity index (χ2v) is 6.79. The van der Waals surface area contributed by atoms with Crippen LogP contribution in [-0.4, -0.2) is 31.3 Å². The van der Waals surface area contributed by atoms with E-state index in [-0.39, 0.29) is 0 Å². The Kier molecular flexibility index (Phi) is 3.72. The van der Waals surface area contributed by atoms with E-state index in [9.17, 15) is 0 Å². The van der Waals surface area contributed by atoms with Crippen molar-refractivity contribution < 1.29 is 4.74 Å². The van der Waals surface area contributed by atoms with Crippen molar-refractivity contribution in [3.05, 3.63) is 21.8 Å². The van der Waals surface area contributed by atoms with Crippen LogP contribution in [0.5, 0.6) is 0 Å². The number of piperidine rings is 1. The first-order valence-corrected chi connectivity index (χ1v) is 7.99. The molecule has 5 heteroatoms. The van der Waals surface area contributed by atoms with E-state index in [2.05, 4.69) is 45.7 Å². The molecule has 1 fully saturated rings. The molecule has 1 aliphatic rings. The minimum Gasteiger partial charge on any atom is -0.381 e. The fraction of sp³-hybridized carbons (Fsp3) is 0.462. The molecule has 1 saturated heterocycles. The average Bonchev–Trinajstić information content (AvgIpc) is 2.81. The Morgan fingerprint density at radius 3 is 2.89 bits per heavy atom. The van der Waals surface area contributed by atoms with Gasteiger partial charge in [-0.2, -0.15) is 0 Å². The Bertz CT molecular complexity index is 549. The summed E-state index contributed by atoms with van der Waals surface area (Å²) in [5.74, 6) is 0. The molecule has 1 aromatic carbocycles. The number of ether oxygens (including phenoxy) is 1. The predicted molar refractivity (Wildman–Crippen MR) is 84.6 cm³/mol. The Hall–Kier alpha value is -0.400. The lowest BCUT2D eigenvalue weighted by molar-refractivity contribution is 0.0819. The molecule has 18 heavy (non-hydrogen) atoms. The number of anilines is 1. The Labute approximate surface area is 124 Å². The van der Waals surface area contributed by atoms with Gasteiger partial charge in [0.2, 0.25) is 0 Å². The maximum absolute atomic E-state index is 5.41. The van der Waals surface area contributed by atoms with Crippen molar-refractivity contribution in [2.45, 2.75) is 18.9 Å². The lowest BCUT2D eigenvalue weighted by Crippen LogP contribution is -2.36. The fourth-order valence-electron chi connectivity index (χ4n) is 2.30. The second kappa shape index (κ2) is 5.30. The van der Waals surface area contributed by atoms with Crippen molar-refractivity contribution in [1.29, 1.82) is 0 Å². The first-order chi connectivity index (χ1) is 8.76. The second-order valence-electron chi connectivity index (χ2n) is 4.53. The number of hydrogen-bond acceptors (Lipinski definition) is 4. The lowest BCUT2D eigenvalue weighted by atomic mass is 10.1. The number of benzene rings is 1. The van der Waals surface area contributed by atoms with Crippen molar-refractivity contribution in [2.24, 2.45) is 0 Å². The maximum Gasteiger partial charge on any atom is 0.186 e. The highest BCUT2D eigenvalue weighted by Crippen LogP contribution is 2.31. The molecule has 1 aliphatic heterocycles. The zero-order valence-electron chi connectivity index (χ0n) is 10.2. The van der Waals surface area contributed by atoms with Crippen molar-refractivity contribution in [3.63, 3.8) is 0 Å². The van der Waals surface area contributed by atoms with Gasteiger partial charge in [0.25, 0.3) is 0 Å². The van der Waals surface area contributed by atoms with Crippen molar-refractivity contribution in [1.82, 2.24) is 4.98 Å². The van der Waals surface area contributed by atoms with Crippen LogP contribution in [0, 0.1) is 3.57 Å². The van der Waals surface area contributed by atoms with E-state index in [1.54, 1.807) is 18.4 Å². The molecule has 2 heterocycles. The topological polar surface area (TPSA) is 25.4 Å². The van der Waals surface area contributed by atoms with Gasteiger partial charge in [0.05, 0.1) is 16.3 Å². The molecule has 0 bridgehead atoms. The minimum absolute atomic E-state index is 0.427. The number of nitrogens with zero attached hydrogens (tertiary/aromatic N) is 2. The molecule has 0 unspecified atom stereocenters. The molecule has 0 N–H and O–H groups in total. The number of thiazole rings is 1. The summed E-state index contributed by atoms with van der Waals surface area (Å²) >= 11 is 4.14. The lowest BCUT2D eigenvalue weighted by Gasteiger charge is -2.30. The van der Waals surface area contributed by atoms with E-state index < -0.39 is 0 Å². The van der Waals surface area contributed by atoms with Gasteiger partial charge in [-0.05, 0) is 53.6 Å². The van der Waals surface area contributed by atoms with E-state index in [0.717, 1.165) is 36.6 Å². The van der Waals surface area contributed by atoms with Crippen LogP contribution in [0.2, 0.25) is 0 Å². The molecule has 0 aliphatic carbocycles. The number of hydrogen-bond donors (Lipinski definition) is 0. The first kappa shape index (κ1) is 12.6. The van der Waals surface area contributed by atoms with E-state index in [0.29, 0.717) is 6.10 Å². The van der Waals surface area contributed by atoms with E-state index >= 15 is 0 Å². The van der Waals surface area contributed by atoms with Crippen LogP contribution in [-0.2, 0) is 4.74 Å². The molecule has 1 aromatic heterocycles. The summed E-state index contributed by atoms with van der Waals surface area (Å²) in [6.07, 6.45) is 2.63. The Balaban J connectivity index is 1.82. The molecule has 0 spiro atoms. The molecule has 0 atom stereocenters. The van der Waals surface area contributed by atoms with Gasteiger partial charge >= 0.3 is 0 Å². The summed E-state index contributed by atoms with van der Waals surface area (Å²) < 4.78 is 7.96. The van der Waals surface area contributed by atoms with Crippen LogP contribution in [0.25, 0.3) is 10.2 Å². The highest BCUT2D eigenvalue weighted by Gasteiger charge is 2.21. The van der Waals surface area contributed by atoms with E-state index in [4.69, 9.17) is 9.72 Å². The molecule has 96 valence electrons. The van der Waals surface area contributed by atoms with Crippen molar-refractivity contribution in [3.8, 4) is 0 Å². The number of rotatable bonds is 2. The molecule has 3 nitrogen and oxygen atoms in total. The van der Waals surface area contributed by atoms with Gasteiger partial charge in [0.1, 0.15) is 0 Å². The summed E-state index contributed by atoms with van der Waals surface area (Å²) in [4.78, 5) is 7.11. The summed E-state index contributed by atoms with van der Waals surface area (Å²) in [5.41, 5.74) is 1.12. The van der Waals surface area contributed by atoms with Gasteiger partial charge in [-0.3, -0.25) is 0 Å². The highest BCUT2D eigenvalue weighted by molar-refractivity contribution is 14.1. The van der Waals surface area contributed by atoms with Crippen LogP contribution in [0.3, 0.4) is 0 Å². The average molecular weight is 374 g/mol. The number of fused-ring (bicyclic) bond motifs is 1. The molecular formula is C13H15IN2OS. The summed E-state index contributed by atoms with van der Waals surface area (Å²) in [5, 5.41) is 1.15. The number of halogens is 1. The normalized spacial score (nSPS) is 17.6. The van der Waals surface area contributed by atoms with Gasteiger partial charge < -0.3 is 9.64 Å². The van der Waals surface area contributed by atoms with Crippen LogP contribution >= 0.6 is 33.9 Å². The number of methoxy groups -OCH3 is 1. The third-order valence-electron chi connectivity index (χ3n) is 3.39. The van der Waals surface area contributed by atoms with E-state index in [1.165, 1.54) is 8.27 Å². The molecule has 0 amide bonds. The summed E-state index contributed by atoms with van der Waals surface area (Å²) in [6.45, 7) is 2.10. The zero-order valence-corrected chi connectivity index (χ0v) is 13.2. The van der Waals surface area contributed by atoms with Gasteiger partial charge in [-0.15, -0.1) is 0 Å². The standard InChI is InChI=1S/C13H15IN2OS/c1-17-10-4-6-16(7-5-10)13-15-11-3-2-9(14)8-12(11)18-13/h2-3,8,10H,4-7H2,1H3. The Morgan fingerprint density at radius 1 is 1.39 bits per heavy atom. The third kappa shape index (κ3) is 2.48. The van der Waals surface area contributed by atoms with Crippen molar-refractivity contribution >= 4 is 49.3 Å². The van der Waals surface area contributed by atoms with Gasteiger partial charge in [0.15, 0.2) is 5.13 Å². The SMILES string of the molecule is COC1CCN(c2nc3ccc(I)cc3s2)CC1. The monoisotopic (exact) mass is 374 g/mol. The quantitative estimate of drug-likeness (QED) is 0.753. The first-order valence-electron chi connectivity index (χ1n) is 6.10. The van der Waals surface area contributed by atoms with Crippen molar-refractivity contribution in [2.75, 3.05) is 25.1 Å². The number of aromatic nitrogens is 1. The summed E-state index contributed by atoms with van der Waals surface area (Å²) in [7, 11) is 1.81. The fourth-order valence-corrected chi connectivity index (χ4v) is 4.06. The maximum atomic E-state index is 5.41. The van der Waals surface area contributed by atoms with Crippen LogP contribution < -0.4 is 4.90 Å². The minimum atomic E-state index is 0.427. The molecule has 0 saturated carbocycles. The predicted octanol–water partition coefficient (Wildman–Crippen LogP) is 3.52. The highest BCUT2D eigenvalue weighted by atomic mass is 127. The molecule has 2 aromatic rings. The molecular weight excluding hydrogens is 359 g/mol. The zero-order chi connectivity index (χ0) is 12.5. The smallest absolute Gasteiger partial charge is 0.186 e. The van der Waals surface area contributed by atoms with Crippen LogP contribution in [0.15, 0.2) is 18.2 Å². The molecule has 3 rings (SSSR count). The van der Waals surface area contributed by atoms with Crippen LogP contribution in [0.4, 0.5) is 5.13 Å². The van der Waals surface area contributed by atoms with Gasteiger partial charge in [0, 0.05) is 23.8 Å². The van der Waals surface area contributed by atoms with Gasteiger partial charge in [-0.1, -0.05) is 11.3 Å². The van der Waals surface area contributed by atoms with Gasteiger partial charge in [-0.25, -0.2) is 4.98 Å². The summed E-state index contributed by atoms with van der Waals surface area (Å²) in [6, 6.07) is 6.43.